The lowest BCUT2D eigenvalue weighted by Crippen LogP contribution is -2.15. The standard InChI is InChI=1S/C22H23N5O/c28-21(13-15-8-9-16-4-1-2-5-17(16)12-15)23-19-7-3-6-18(14-19)22-24-25-26-27(22)20-10-11-20/h3,6-9,12,14,20H,1-2,4-5,10-11,13H2,(H,23,28). The molecule has 0 unspecified atom stereocenters. The van der Waals surface area contributed by atoms with Crippen LogP contribution in [0.15, 0.2) is 42.5 Å². The van der Waals surface area contributed by atoms with Gasteiger partial charge < -0.3 is 5.32 Å². The van der Waals surface area contributed by atoms with Crippen LogP contribution in [0.4, 0.5) is 5.69 Å². The van der Waals surface area contributed by atoms with E-state index < -0.39 is 0 Å². The molecule has 1 aromatic heterocycles. The van der Waals surface area contributed by atoms with E-state index in [1.165, 1.54) is 24.0 Å². The summed E-state index contributed by atoms with van der Waals surface area (Å²) < 4.78 is 1.88. The average Bonchev–Trinajstić information content (AvgIpc) is 3.44. The fourth-order valence-corrected chi connectivity index (χ4v) is 3.97. The molecule has 0 radical (unpaired) electrons. The zero-order chi connectivity index (χ0) is 18.9. The second kappa shape index (κ2) is 7.19. The molecule has 1 N–H and O–H groups in total. The number of carbonyl (C=O) groups excluding carboxylic acids is 1. The molecule has 2 aromatic carbocycles. The van der Waals surface area contributed by atoms with Crippen LogP contribution in [0, 0.1) is 0 Å². The Morgan fingerprint density at radius 2 is 1.93 bits per heavy atom. The van der Waals surface area contributed by atoms with E-state index in [1.54, 1.807) is 0 Å². The van der Waals surface area contributed by atoms with Crippen LogP contribution < -0.4 is 5.32 Å². The molecule has 1 heterocycles. The number of fused-ring (bicyclic) bond motifs is 1. The summed E-state index contributed by atoms with van der Waals surface area (Å²) in [7, 11) is 0. The summed E-state index contributed by atoms with van der Waals surface area (Å²) in [5, 5.41) is 15.1. The smallest absolute Gasteiger partial charge is 0.228 e. The molecule has 1 amide bonds. The van der Waals surface area contributed by atoms with Gasteiger partial charge in [-0.25, -0.2) is 4.68 Å². The fraction of sp³-hybridized carbons (Fsp3) is 0.364. The van der Waals surface area contributed by atoms with Crippen LogP contribution in [-0.2, 0) is 24.1 Å². The number of hydrogen-bond acceptors (Lipinski definition) is 4. The van der Waals surface area contributed by atoms with E-state index in [2.05, 4.69) is 39.0 Å². The molecular weight excluding hydrogens is 350 g/mol. The normalized spacial score (nSPS) is 15.9. The quantitative estimate of drug-likeness (QED) is 0.739. The lowest BCUT2D eigenvalue weighted by Gasteiger charge is -2.16. The Labute approximate surface area is 164 Å². The van der Waals surface area contributed by atoms with E-state index in [4.69, 9.17) is 0 Å². The van der Waals surface area contributed by atoms with Crippen molar-refractivity contribution >= 4 is 11.6 Å². The zero-order valence-electron chi connectivity index (χ0n) is 15.8. The minimum absolute atomic E-state index is 0.00491. The van der Waals surface area contributed by atoms with Crippen LogP contribution in [0.1, 0.15) is 48.4 Å². The number of tetrazole rings is 1. The van der Waals surface area contributed by atoms with Crippen molar-refractivity contribution in [3.63, 3.8) is 0 Å². The van der Waals surface area contributed by atoms with Gasteiger partial charge in [0, 0.05) is 11.3 Å². The number of aromatic nitrogens is 4. The van der Waals surface area contributed by atoms with Crippen molar-refractivity contribution in [2.45, 2.75) is 51.0 Å². The van der Waals surface area contributed by atoms with Gasteiger partial charge in [-0.2, -0.15) is 0 Å². The van der Waals surface area contributed by atoms with Crippen molar-refractivity contribution in [3.8, 4) is 11.4 Å². The number of aryl methyl sites for hydroxylation is 2. The number of rotatable bonds is 5. The summed E-state index contributed by atoms with van der Waals surface area (Å²) in [6.07, 6.45) is 7.43. The van der Waals surface area contributed by atoms with E-state index in [-0.39, 0.29) is 5.91 Å². The first-order valence-corrected chi connectivity index (χ1v) is 10.0. The highest BCUT2D eigenvalue weighted by molar-refractivity contribution is 5.92. The van der Waals surface area contributed by atoms with Crippen LogP contribution in [0.25, 0.3) is 11.4 Å². The van der Waals surface area contributed by atoms with Crippen molar-refractivity contribution < 1.29 is 4.79 Å². The monoisotopic (exact) mass is 373 g/mol. The van der Waals surface area contributed by atoms with Crippen LogP contribution in [0.3, 0.4) is 0 Å². The van der Waals surface area contributed by atoms with Gasteiger partial charge in [0.2, 0.25) is 5.91 Å². The second-order valence-electron chi connectivity index (χ2n) is 7.79. The van der Waals surface area contributed by atoms with Crippen molar-refractivity contribution in [3.05, 3.63) is 59.2 Å². The minimum Gasteiger partial charge on any atom is -0.326 e. The zero-order valence-corrected chi connectivity index (χ0v) is 15.8. The highest BCUT2D eigenvalue weighted by atomic mass is 16.1. The summed E-state index contributed by atoms with van der Waals surface area (Å²) in [6.45, 7) is 0. The Morgan fingerprint density at radius 1 is 1.07 bits per heavy atom. The van der Waals surface area contributed by atoms with Gasteiger partial charge in [0.25, 0.3) is 0 Å². The summed E-state index contributed by atoms with van der Waals surface area (Å²) in [5.74, 6) is 0.753. The van der Waals surface area contributed by atoms with Crippen molar-refractivity contribution in [2.75, 3.05) is 5.32 Å². The molecule has 0 atom stereocenters. The van der Waals surface area contributed by atoms with Gasteiger partial charge in [-0.15, -0.1) is 5.10 Å². The first kappa shape index (κ1) is 17.1. The van der Waals surface area contributed by atoms with E-state index >= 15 is 0 Å². The molecular formula is C22H23N5O. The second-order valence-corrected chi connectivity index (χ2v) is 7.79. The molecule has 0 bridgehead atoms. The molecule has 2 aliphatic carbocycles. The lowest BCUT2D eigenvalue weighted by atomic mass is 9.90. The Morgan fingerprint density at radius 3 is 2.79 bits per heavy atom. The summed E-state index contributed by atoms with van der Waals surface area (Å²) in [5.41, 5.74) is 5.61. The molecule has 2 aliphatic rings. The van der Waals surface area contributed by atoms with Gasteiger partial charge in [-0.1, -0.05) is 30.3 Å². The average molecular weight is 373 g/mol. The van der Waals surface area contributed by atoms with Gasteiger partial charge in [0.15, 0.2) is 5.82 Å². The Bertz CT molecular complexity index is 1020. The molecule has 1 saturated carbocycles. The predicted octanol–water partition coefficient (Wildman–Crippen LogP) is 3.74. The fourth-order valence-electron chi connectivity index (χ4n) is 3.97. The molecule has 28 heavy (non-hydrogen) atoms. The molecule has 142 valence electrons. The Kier molecular flexibility index (Phi) is 4.39. The van der Waals surface area contributed by atoms with Gasteiger partial charge in [-0.05, 0) is 77.8 Å². The number of nitrogens with zero attached hydrogens (tertiary/aromatic N) is 4. The van der Waals surface area contributed by atoms with Crippen LogP contribution in [0.2, 0.25) is 0 Å². The number of carbonyl (C=O) groups is 1. The van der Waals surface area contributed by atoms with Crippen LogP contribution in [0.5, 0.6) is 0 Å². The first-order valence-electron chi connectivity index (χ1n) is 10.0. The van der Waals surface area contributed by atoms with Crippen molar-refractivity contribution in [1.82, 2.24) is 20.2 Å². The van der Waals surface area contributed by atoms with Gasteiger partial charge in [-0.3, -0.25) is 4.79 Å². The largest absolute Gasteiger partial charge is 0.326 e. The van der Waals surface area contributed by atoms with Crippen molar-refractivity contribution in [1.29, 1.82) is 0 Å². The molecule has 5 rings (SSSR count). The highest BCUT2D eigenvalue weighted by Gasteiger charge is 2.28. The summed E-state index contributed by atoms with van der Waals surface area (Å²) >= 11 is 0. The van der Waals surface area contributed by atoms with Gasteiger partial charge in [0.05, 0.1) is 12.5 Å². The topological polar surface area (TPSA) is 72.7 Å². The first-order chi connectivity index (χ1) is 13.8. The number of benzene rings is 2. The Hall–Kier alpha value is -3.02. The molecule has 0 spiro atoms. The van der Waals surface area contributed by atoms with E-state index in [1.807, 2.05) is 28.9 Å². The third-order valence-electron chi connectivity index (χ3n) is 5.57. The predicted molar refractivity (Wildman–Crippen MR) is 107 cm³/mol. The molecule has 6 heteroatoms. The molecule has 1 fully saturated rings. The van der Waals surface area contributed by atoms with E-state index in [9.17, 15) is 4.79 Å². The molecule has 0 saturated heterocycles. The maximum atomic E-state index is 12.6. The van der Waals surface area contributed by atoms with Gasteiger partial charge in [0.1, 0.15) is 0 Å². The maximum absolute atomic E-state index is 12.6. The number of hydrogen-bond donors (Lipinski definition) is 1. The third kappa shape index (κ3) is 3.54. The Balaban J connectivity index is 1.29. The van der Waals surface area contributed by atoms with E-state index in [0.29, 0.717) is 12.5 Å². The molecule has 3 aromatic rings. The van der Waals surface area contributed by atoms with Gasteiger partial charge >= 0.3 is 0 Å². The molecule has 6 nitrogen and oxygen atoms in total. The number of nitrogens with one attached hydrogen (secondary N) is 1. The summed E-state index contributed by atoms with van der Waals surface area (Å²) in [6, 6.07) is 14.6. The third-order valence-corrected chi connectivity index (χ3v) is 5.57. The maximum Gasteiger partial charge on any atom is 0.228 e. The summed E-state index contributed by atoms with van der Waals surface area (Å²) in [4.78, 5) is 12.6. The lowest BCUT2D eigenvalue weighted by molar-refractivity contribution is -0.115. The van der Waals surface area contributed by atoms with E-state index in [0.717, 1.165) is 48.3 Å². The number of amides is 1. The van der Waals surface area contributed by atoms with Crippen LogP contribution in [-0.4, -0.2) is 26.1 Å². The molecule has 0 aliphatic heterocycles. The van der Waals surface area contributed by atoms with Crippen LogP contribution >= 0.6 is 0 Å². The SMILES string of the molecule is O=C(Cc1ccc2c(c1)CCCC2)Nc1cccc(-c2nnnn2C2CC2)c1. The van der Waals surface area contributed by atoms with Crippen molar-refractivity contribution in [2.24, 2.45) is 0 Å². The minimum atomic E-state index is -0.00491. The number of anilines is 1. The highest BCUT2D eigenvalue weighted by Crippen LogP contribution is 2.36.